The summed E-state index contributed by atoms with van der Waals surface area (Å²) < 4.78 is 58.2. The fourth-order valence-electron chi connectivity index (χ4n) is 1.15. The van der Waals surface area contributed by atoms with Gasteiger partial charge in [0.25, 0.3) is 0 Å². The van der Waals surface area contributed by atoms with Gasteiger partial charge in [-0.2, -0.15) is 18.3 Å². The van der Waals surface area contributed by atoms with E-state index < -0.39 is 27.5 Å². The first-order valence-corrected chi connectivity index (χ1v) is 6.57. The van der Waals surface area contributed by atoms with Gasteiger partial charge in [-0.15, -0.1) is 0 Å². The van der Waals surface area contributed by atoms with Gasteiger partial charge in [0, 0.05) is 22.4 Å². The van der Waals surface area contributed by atoms with Crippen LogP contribution in [0.2, 0.25) is 0 Å². The number of rotatable bonds is 3. The third kappa shape index (κ3) is 4.40. The summed E-state index contributed by atoms with van der Waals surface area (Å²) >= 11 is 0. The molecule has 0 aromatic carbocycles. The molecule has 0 N–H and O–H groups in total. The molecule has 0 aliphatic heterocycles. The van der Waals surface area contributed by atoms with Gasteiger partial charge in [-0.1, -0.05) is 0 Å². The van der Waals surface area contributed by atoms with Crippen molar-refractivity contribution in [1.82, 2.24) is 9.78 Å². The standard InChI is InChI=1S/C7H8ClF3N2O2S/c1-5-6(3-16(8,14)15)2-13(12-5)4-7(9,10)11/h2H,3-4H2,1H3. The molecule has 0 saturated heterocycles. The molecule has 0 amide bonds. The topological polar surface area (TPSA) is 52.0 Å². The van der Waals surface area contributed by atoms with Gasteiger partial charge < -0.3 is 0 Å². The molecule has 0 saturated carbocycles. The fourth-order valence-corrected chi connectivity index (χ4v) is 2.16. The number of alkyl halides is 3. The van der Waals surface area contributed by atoms with Gasteiger partial charge in [0.15, 0.2) is 0 Å². The van der Waals surface area contributed by atoms with E-state index in [-0.39, 0.29) is 11.3 Å². The minimum absolute atomic E-state index is 0.166. The zero-order chi connectivity index (χ0) is 12.6. The molecule has 9 heteroatoms. The Morgan fingerprint density at radius 2 is 2.06 bits per heavy atom. The second-order valence-corrected chi connectivity index (χ2v) is 6.01. The lowest BCUT2D eigenvalue weighted by Crippen LogP contribution is -2.18. The second-order valence-electron chi connectivity index (χ2n) is 3.24. The lowest BCUT2D eigenvalue weighted by atomic mass is 10.3. The Hall–Kier alpha value is -0.760. The Kier molecular flexibility index (Phi) is 3.53. The van der Waals surface area contributed by atoms with Gasteiger partial charge in [-0.25, -0.2) is 8.42 Å². The molecule has 0 fully saturated rings. The van der Waals surface area contributed by atoms with Gasteiger partial charge >= 0.3 is 6.18 Å². The summed E-state index contributed by atoms with van der Waals surface area (Å²) in [4.78, 5) is 0. The lowest BCUT2D eigenvalue weighted by molar-refractivity contribution is -0.142. The molecule has 4 nitrogen and oxygen atoms in total. The molecule has 0 bridgehead atoms. The number of halogens is 4. The minimum Gasteiger partial charge on any atom is -0.263 e. The van der Waals surface area contributed by atoms with Crippen LogP contribution in [0.1, 0.15) is 11.3 Å². The number of aromatic nitrogens is 2. The van der Waals surface area contributed by atoms with Crippen molar-refractivity contribution in [2.24, 2.45) is 0 Å². The zero-order valence-electron chi connectivity index (χ0n) is 8.12. The van der Waals surface area contributed by atoms with Crippen molar-refractivity contribution in [2.75, 3.05) is 0 Å². The maximum Gasteiger partial charge on any atom is 0.408 e. The average Bonchev–Trinajstić information content (AvgIpc) is 2.23. The highest BCUT2D eigenvalue weighted by Gasteiger charge is 2.29. The molecule has 0 unspecified atom stereocenters. The van der Waals surface area contributed by atoms with Crippen LogP contribution in [-0.2, 0) is 21.3 Å². The Balaban J connectivity index is 2.91. The number of aryl methyl sites for hydroxylation is 1. The summed E-state index contributed by atoms with van der Waals surface area (Å²) in [7, 11) is 1.20. The summed E-state index contributed by atoms with van der Waals surface area (Å²) in [6.45, 7) is 0.167. The monoisotopic (exact) mass is 276 g/mol. The van der Waals surface area contributed by atoms with Crippen molar-refractivity contribution in [1.29, 1.82) is 0 Å². The Morgan fingerprint density at radius 1 is 1.50 bits per heavy atom. The molecule has 0 aliphatic carbocycles. The van der Waals surface area contributed by atoms with E-state index in [4.69, 9.17) is 10.7 Å². The molecule has 0 spiro atoms. The van der Waals surface area contributed by atoms with E-state index in [9.17, 15) is 21.6 Å². The maximum atomic E-state index is 12.0. The van der Waals surface area contributed by atoms with E-state index in [1.54, 1.807) is 0 Å². The molecule has 0 radical (unpaired) electrons. The van der Waals surface area contributed by atoms with Crippen LogP contribution >= 0.6 is 10.7 Å². The highest BCUT2D eigenvalue weighted by molar-refractivity contribution is 8.13. The molecule has 92 valence electrons. The molecule has 0 aliphatic rings. The van der Waals surface area contributed by atoms with Gasteiger partial charge in [0.05, 0.1) is 11.4 Å². The molecular formula is C7H8ClF3N2O2S. The third-order valence-electron chi connectivity index (χ3n) is 1.72. The van der Waals surface area contributed by atoms with Crippen LogP contribution in [-0.4, -0.2) is 24.4 Å². The first-order valence-electron chi connectivity index (χ1n) is 4.09. The third-order valence-corrected chi connectivity index (χ3v) is 2.70. The summed E-state index contributed by atoms with van der Waals surface area (Å²) in [5.41, 5.74) is 0.382. The van der Waals surface area contributed by atoms with Crippen molar-refractivity contribution in [2.45, 2.75) is 25.4 Å². The number of hydrogen-bond acceptors (Lipinski definition) is 3. The van der Waals surface area contributed by atoms with Gasteiger partial charge in [-0.3, -0.25) is 4.68 Å². The lowest BCUT2D eigenvalue weighted by Gasteiger charge is -2.04. The van der Waals surface area contributed by atoms with Crippen molar-refractivity contribution in [3.8, 4) is 0 Å². The van der Waals surface area contributed by atoms with Crippen LogP contribution in [0, 0.1) is 6.92 Å². The number of hydrogen-bond donors (Lipinski definition) is 0. The molecule has 0 atom stereocenters. The second kappa shape index (κ2) is 4.25. The predicted molar refractivity (Wildman–Crippen MR) is 51.5 cm³/mol. The zero-order valence-corrected chi connectivity index (χ0v) is 9.70. The Morgan fingerprint density at radius 3 is 2.50 bits per heavy atom. The van der Waals surface area contributed by atoms with Crippen LogP contribution in [0.15, 0.2) is 6.20 Å². The highest BCUT2D eigenvalue weighted by atomic mass is 35.7. The molecule has 1 aromatic heterocycles. The van der Waals surface area contributed by atoms with Crippen molar-refractivity contribution in [3.63, 3.8) is 0 Å². The van der Waals surface area contributed by atoms with E-state index in [2.05, 4.69) is 5.10 Å². The quantitative estimate of drug-likeness (QED) is 0.792. The molecule has 1 aromatic rings. The molecular weight excluding hydrogens is 269 g/mol. The smallest absolute Gasteiger partial charge is 0.263 e. The van der Waals surface area contributed by atoms with E-state index in [1.165, 1.54) is 6.92 Å². The SMILES string of the molecule is Cc1nn(CC(F)(F)F)cc1CS(=O)(=O)Cl. The minimum atomic E-state index is -4.39. The van der Waals surface area contributed by atoms with E-state index >= 15 is 0 Å². The summed E-state index contributed by atoms with van der Waals surface area (Å²) in [5.74, 6) is -0.530. The van der Waals surface area contributed by atoms with Crippen LogP contribution in [0.5, 0.6) is 0 Å². The van der Waals surface area contributed by atoms with Crippen LogP contribution in [0.3, 0.4) is 0 Å². The first kappa shape index (κ1) is 13.3. The highest BCUT2D eigenvalue weighted by Crippen LogP contribution is 2.19. The van der Waals surface area contributed by atoms with E-state index in [0.29, 0.717) is 4.68 Å². The number of nitrogens with zero attached hydrogens (tertiary/aromatic N) is 2. The average molecular weight is 277 g/mol. The normalized spacial score (nSPS) is 13.1. The van der Waals surface area contributed by atoms with Gasteiger partial charge in [0.2, 0.25) is 9.05 Å². The largest absolute Gasteiger partial charge is 0.408 e. The first-order chi connectivity index (χ1) is 7.07. The maximum absolute atomic E-state index is 12.0. The van der Waals surface area contributed by atoms with E-state index in [1.807, 2.05) is 0 Å². The van der Waals surface area contributed by atoms with Crippen LogP contribution in [0.4, 0.5) is 13.2 Å². The summed E-state index contributed by atoms with van der Waals surface area (Å²) in [5, 5.41) is 3.55. The summed E-state index contributed by atoms with van der Waals surface area (Å²) in [6, 6.07) is 0. The molecule has 16 heavy (non-hydrogen) atoms. The van der Waals surface area contributed by atoms with E-state index in [0.717, 1.165) is 6.20 Å². The van der Waals surface area contributed by atoms with Crippen molar-refractivity contribution >= 4 is 19.7 Å². The molecule has 1 heterocycles. The van der Waals surface area contributed by atoms with Crippen molar-refractivity contribution < 1.29 is 21.6 Å². The van der Waals surface area contributed by atoms with Gasteiger partial charge in [-0.05, 0) is 6.92 Å². The van der Waals surface area contributed by atoms with Crippen LogP contribution in [0.25, 0.3) is 0 Å². The fraction of sp³-hybridized carbons (Fsp3) is 0.571. The Bertz CT molecular complexity index is 480. The van der Waals surface area contributed by atoms with Crippen LogP contribution < -0.4 is 0 Å². The summed E-state index contributed by atoms with van der Waals surface area (Å²) in [6.07, 6.45) is -3.36. The molecule has 1 rings (SSSR count). The van der Waals surface area contributed by atoms with Crippen molar-refractivity contribution in [3.05, 3.63) is 17.5 Å². The Labute approximate surface area is 94.4 Å². The predicted octanol–water partition coefficient (Wildman–Crippen LogP) is 1.82. The van der Waals surface area contributed by atoms with Gasteiger partial charge in [0.1, 0.15) is 6.54 Å².